The minimum absolute atomic E-state index is 0.0133. The third-order valence-corrected chi connectivity index (χ3v) is 3.62. The topological polar surface area (TPSA) is 73.9 Å². The molecule has 7 heteroatoms. The van der Waals surface area contributed by atoms with Crippen LogP contribution < -0.4 is 10.1 Å². The summed E-state index contributed by atoms with van der Waals surface area (Å²) in [6, 6.07) is 6.43. The molecule has 0 fully saturated rings. The van der Waals surface area contributed by atoms with E-state index in [9.17, 15) is 14.0 Å². The fourth-order valence-corrected chi connectivity index (χ4v) is 2.15. The molecule has 1 aromatic carbocycles. The van der Waals surface area contributed by atoms with E-state index in [0.717, 1.165) is 0 Å². The van der Waals surface area contributed by atoms with Gasteiger partial charge < -0.3 is 19.5 Å². The molecule has 1 amide bonds. The summed E-state index contributed by atoms with van der Waals surface area (Å²) in [5, 5.41) is 2.61. The number of halogens is 1. The van der Waals surface area contributed by atoms with Crippen LogP contribution in [0.15, 0.2) is 36.2 Å². The van der Waals surface area contributed by atoms with Crippen LogP contribution in [0.25, 0.3) is 0 Å². The average Bonchev–Trinajstić information content (AvgIpc) is 2.58. The largest absolute Gasteiger partial charge is 0.489 e. The number of alkyl carbamates (subject to hydrolysis) is 1. The van der Waals surface area contributed by atoms with E-state index in [1.54, 1.807) is 72.7 Å². The molecule has 162 valence electrons. The summed E-state index contributed by atoms with van der Waals surface area (Å²) in [6.45, 7) is 12.7. The summed E-state index contributed by atoms with van der Waals surface area (Å²) in [4.78, 5) is 23.7. The van der Waals surface area contributed by atoms with Crippen LogP contribution in [0.5, 0.6) is 5.75 Å². The highest BCUT2D eigenvalue weighted by Crippen LogP contribution is 2.18. The molecule has 0 aliphatic heterocycles. The van der Waals surface area contributed by atoms with Gasteiger partial charge in [0.1, 0.15) is 23.6 Å². The second-order valence-corrected chi connectivity index (χ2v) is 8.78. The zero-order valence-electron chi connectivity index (χ0n) is 18.3. The lowest BCUT2D eigenvalue weighted by atomic mass is 10.0. The molecule has 0 saturated heterocycles. The van der Waals surface area contributed by atoms with E-state index in [4.69, 9.17) is 14.2 Å². The normalized spacial score (nSPS) is 13.4. The predicted octanol–water partition coefficient (Wildman–Crippen LogP) is 5.03. The highest BCUT2D eigenvalue weighted by molar-refractivity contribution is 5.89. The number of hydrogen-bond donors (Lipinski definition) is 1. The highest BCUT2D eigenvalue weighted by atomic mass is 19.1. The molecule has 0 aliphatic rings. The summed E-state index contributed by atoms with van der Waals surface area (Å²) in [7, 11) is 0. The molecule has 0 spiro atoms. The van der Waals surface area contributed by atoms with Gasteiger partial charge in [0, 0.05) is 12.5 Å². The lowest BCUT2D eigenvalue weighted by Crippen LogP contribution is -2.35. The van der Waals surface area contributed by atoms with E-state index >= 15 is 0 Å². The number of carbonyl (C=O) groups is 2. The van der Waals surface area contributed by atoms with Gasteiger partial charge in [-0.25, -0.2) is 14.0 Å². The fourth-order valence-electron chi connectivity index (χ4n) is 2.15. The van der Waals surface area contributed by atoms with Crippen molar-refractivity contribution in [2.45, 2.75) is 59.7 Å². The van der Waals surface area contributed by atoms with Crippen LogP contribution in [0.1, 0.15) is 58.8 Å². The SMILES string of the molecule is CC(CNC(=O)OC(C)(C)C)/C(=C\F)COc1ccc(C(=O)OC(C)(C)C)cc1. The van der Waals surface area contributed by atoms with Gasteiger partial charge in [-0.2, -0.15) is 0 Å². The van der Waals surface area contributed by atoms with Crippen molar-refractivity contribution in [3.63, 3.8) is 0 Å². The monoisotopic (exact) mass is 409 g/mol. The van der Waals surface area contributed by atoms with Gasteiger partial charge in [0.2, 0.25) is 0 Å². The van der Waals surface area contributed by atoms with Gasteiger partial charge in [0.05, 0.1) is 11.9 Å². The van der Waals surface area contributed by atoms with Gasteiger partial charge in [0.15, 0.2) is 0 Å². The maximum atomic E-state index is 13.3. The van der Waals surface area contributed by atoms with Crippen LogP contribution in [0.2, 0.25) is 0 Å². The number of carbonyl (C=O) groups excluding carboxylic acids is 2. The molecule has 0 aromatic heterocycles. The Morgan fingerprint density at radius 2 is 1.59 bits per heavy atom. The summed E-state index contributed by atoms with van der Waals surface area (Å²) in [6.07, 6.45) is -0.0718. The number of nitrogens with one attached hydrogen (secondary N) is 1. The molecular weight excluding hydrogens is 377 g/mol. The Balaban J connectivity index is 2.55. The summed E-state index contributed by atoms with van der Waals surface area (Å²) < 4.78 is 29.3. The van der Waals surface area contributed by atoms with Crippen molar-refractivity contribution in [3.8, 4) is 5.75 Å². The average molecular weight is 409 g/mol. The summed E-state index contributed by atoms with van der Waals surface area (Å²) in [5.41, 5.74) is -0.377. The fraction of sp³-hybridized carbons (Fsp3) is 0.545. The van der Waals surface area contributed by atoms with Crippen LogP contribution in [0.3, 0.4) is 0 Å². The maximum absolute atomic E-state index is 13.3. The van der Waals surface area contributed by atoms with E-state index < -0.39 is 23.3 Å². The van der Waals surface area contributed by atoms with Crippen molar-refractivity contribution in [2.24, 2.45) is 5.92 Å². The van der Waals surface area contributed by atoms with Crippen molar-refractivity contribution in [2.75, 3.05) is 13.2 Å². The number of hydrogen-bond acceptors (Lipinski definition) is 5. The van der Waals surface area contributed by atoms with Crippen molar-refractivity contribution in [3.05, 3.63) is 41.7 Å². The zero-order valence-corrected chi connectivity index (χ0v) is 18.3. The Morgan fingerprint density at radius 3 is 2.07 bits per heavy atom. The molecule has 1 N–H and O–H groups in total. The van der Waals surface area contributed by atoms with Crippen molar-refractivity contribution >= 4 is 12.1 Å². The van der Waals surface area contributed by atoms with Crippen LogP contribution in [-0.4, -0.2) is 36.4 Å². The first kappa shape index (κ1) is 24.5. The summed E-state index contributed by atoms with van der Waals surface area (Å²) >= 11 is 0. The molecule has 1 atom stereocenters. The lowest BCUT2D eigenvalue weighted by molar-refractivity contribution is 0.00692. The first-order valence-corrected chi connectivity index (χ1v) is 9.53. The van der Waals surface area contributed by atoms with Crippen LogP contribution in [-0.2, 0) is 9.47 Å². The second-order valence-electron chi connectivity index (χ2n) is 8.78. The molecular formula is C22H32FNO5. The third-order valence-electron chi connectivity index (χ3n) is 3.62. The van der Waals surface area contributed by atoms with E-state index in [1.807, 2.05) is 0 Å². The Hall–Kier alpha value is -2.57. The number of amides is 1. The molecule has 0 saturated carbocycles. The van der Waals surface area contributed by atoms with Crippen molar-refractivity contribution in [1.82, 2.24) is 5.32 Å². The van der Waals surface area contributed by atoms with Crippen molar-refractivity contribution < 1.29 is 28.2 Å². The maximum Gasteiger partial charge on any atom is 0.407 e. The minimum atomic E-state index is -0.597. The summed E-state index contributed by atoms with van der Waals surface area (Å²) in [5.74, 6) is -0.215. The Kier molecular flexibility index (Phi) is 8.67. The zero-order chi connectivity index (χ0) is 22.2. The molecule has 0 aliphatic carbocycles. The van der Waals surface area contributed by atoms with Gasteiger partial charge in [-0.05, 0) is 71.4 Å². The number of benzene rings is 1. The third kappa shape index (κ3) is 9.96. The molecule has 1 rings (SSSR count). The first-order chi connectivity index (χ1) is 13.3. The Labute approximate surface area is 172 Å². The van der Waals surface area contributed by atoms with Gasteiger partial charge >= 0.3 is 12.1 Å². The van der Waals surface area contributed by atoms with E-state index in [1.165, 1.54) is 0 Å². The lowest BCUT2D eigenvalue weighted by Gasteiger charge is -2.21. The quantitative estimate of drug-likeness (QED) is 0.639. The minimum Gasteiger partial charge on any atom is -0.489 e. The second kappa shape index (κ2) is 10.3. The number of esters is 1. The van der Waals surface area contributed by atoms with E-state index in [0.29, 0.717) is 23.2 Å². The van der Waals surface area contributed by atoms with Crippen LogP contribution in [0.4, 0.5) is 9.18 Å². The van der Waals surface area contributed by atoms with E-state index in [2.05, 4.69) is 5.32 Å². The molecule has 0 heterocycles. The molecule has 1 aromatic rings. The van der Waals surface area contributed by atoms with Gasteiger partial charge in [-0.3, -0.25) is 0 Å². The van der Waals surface area contributed by atoms with Gasteiger partial charge in [-0.1, -0.05) is 6.92 Å². The Morgan fingerprint density at radius 1 is 1.03 bits per heavy atom. The van der Waals surface area contributed by atoms with Crippen LogP contribution >= 0.6 is 0 Å². The van der Waals surface area contributed by atoms with Crippen LogP contribution in [0, 0.1) is 5.92 Å². The first-order valence-electron chi connectivity index (χ1n) is 9.53. The van der Waals surface area contributed by atoms with Crippen molar-refractivity contribution in [1.29, 1.82) is 0 Å². The standard InChI is InChI=1S/C22H32FNO5/c1-15(13-24-20(26)29-22(5,6)7)17(12-23)14-27-18-10-8-16(9-11-18)19(25)28-21(2,3)4/h8-12,15H,13-14H2,1-7H3,(H,24,26)/b17-12-. The molecule has 6 nitrogen and oxygen atoms in total. The van der Waals surface area contributed by atoms with Gasteiger partial charge in [-0.15, -0.1) is 0 Å². The molecule has 0 bridgehead atoms. The Bertz CT molecular complexity index is 714. The van der Waals surface area contributed by atoms with Gasteiger partial charge in [0.25, 0.3) is 0 Å². The molecule has 0 radical (unpaired) electrons. The number of rotatable bonds is 7. The molecule has 1 unspecified atom stereocenters. The highest BCUT2D eigenvalue weighted by Gasteiger charge is 2.19. The smallest absolute Gasteiger partial charge is 0.407 e. The van der Waals surface area contributed by atoms with E-state index in [-0.39, 0.29) is 19.1 Å². The molecule has 29 heavy (non-hydrogen) atoms. The number of ether oxygens (including phenoxy) is 3. The predicted molar refractivity (Wildman–Crippen MR) is 110 cm³/mol.